The lowest BCUT2D eigenvalue weighted by Gasteiger charge is -2.31. The summed E-state index contributed by atoms with van der Waals surface area (Å²) in [4.78, 5) is 27.1. The van der Waals surface area contributed by atoms with Crippen LogP contribution in [0.25, 0.3) is 0 Å². The van der Waals surface area contributed by atoms with E-state index >= 15 is 0 Å². The van der Waals surface area contributed by atoms with Crippen LogP contribution in [0.2, 0.25) is 0 Å². The molecule has 1 N–H and O–H groups in total. The number of sulfonamides is 1. The van der Waals surface area contributed by atoms with Gasteiger partial charge in [0.1, 0.15) is 0 Å². The van der Waals surface area contributed by atoms with Gasteiger partial charge in [-0.2, -0.15) is 4.31 Å². The van der Waals surface area contributed by atoms with Gasteiger partial charge in [0.05, 0.1) is 4.90 Å². The number of hydrogen-bond donors (Lipinski definition) is 1. The number of nitrogens with zero attached hydrogens (tertiary/aromatic N) is 2. The molecule has 0 spiro atoms. The van der Waals surface area contributed by atoms with Crippen molar-refractivity contribution >= 4 is 21.8 Å². The number of piperidine rings is 1. The average Bonchev–Trinajstić information content (AvgIpc) is 3.16. The topological polar surface area (TPSA) is 96.0 Å². The predicted octanol–water partition coefficient (Wildman–Crippen LogP) is 2.58. The standard InChI is InChI=1S/C25H39N3O5S/c1-33-20-6-15-26-25(30)22-13-18-27(19-14-22)24(29)12-9-21-7-10-23(11-8-21)34(31,32)28-16-4-2-3-5-17-28/h7-8,10-11,22H,2-6,9,12-20H2,1H3,(H,26,30). The maximum absolute atomic E-state index is 12.9. The van der Waals surface area contributed by atoms with Crippen LogP contribution in [0.5, 0.6) is 0 Å². The van der Waals surface area contributed by atoms with E-state index in [1.165, 1.54) is 0 Å². The lowest BCUT2D eigenvalue weighted by atomic mass is 9.95. The quantitative estimate of drug-likeness (QED) is 0.506. The highest BCUT2D eigenvalue weighted by Gasteiger charge is 2.27. The van der Waals surface area contributed by atoms with Crippen molar-refractivity contribution in [3.05, 3.63) is 29.8 Å². The van der Waals surface area contributed by atoms with Crippen molar-refractivity contribution in [1.82, 2.24) is 14.5 Å². The van der Waals surface area contributed by atoms with Gasteiger partial charge in [0.15, 0.2) is 0 Å². The van der Waals surface area contributed by atoms with Gasteiger partial charge >= 0.3 is 0 Å². The first-order chi connectivity index (χ1) is 16.4. The van der Waals surface area contributed by atoms with E-state index in [4.69, 9.17) is 4.74 Å². The van der Waals surface area contributed by atoms with Crippen molar-refractivity contribution in [1.29, 1.82) is 0 Å². The first-order valence-corrected chi connectivity index (χ1v) is 14.0. The molecule has 2 saturated heterocycles. The third-order valence-electron chi connectivity index (χ3n) is 6.80. The Bertz CT molecular complexity index is 888. The van der Waals surface area contributed by atoms with Gasteiger partial charge < -0.3 is 15.0 Å². The molecule has 0 aromatic heterocycles. The van der Waals surface area contributed by atoms with Gasteiger partial charge in [0, 0.05) is 58.8 Å². The van der Waals surface area contributed by atoms with Crippen LogP contribution < -0.4 is 5.32 Å². The summed E-state index contributed by atoms with van der Waals surface area (Å²) in [5.41, 5.74) is 0.952. The fourth-order valence-electron chi connectivity index (χ4n) is 4.63. The summed E-state index contributed by atoms with van der Waals surface area (Å²) < 4.78 is 32.4. The number of rotatable bonds is 10. The normalized spacial score (nSPS) is 18.4. The number of carbonyl (C=O) groups excluding carboxylic acids is 2. The fourth-order valence-corrected chi connectivity index (χ4v) is 6.15. The van der Waals surface area contributed by atoms with Gasteiger partial charge in [-0.3, -0.25) is 9.59 Å². The first-order valence-electron chi connectivity index (χ1n) is 12.6. The average molecular weight is 494 g/mol. The molecule has 1 aromatic rings. The molecule has 1 aromatic carbocycles. The number of nitrogens with one attached hydrogen (secondary N) is 1. The third-order valence-corrected chi connectivity index (χ3v) is 8.71. The molecule has 0 atom stereocenters. The summed E-state index contributed by atoms with van der Waals surface area (Å²) in [6.45, 7) is 3.62. The molecule has 0 aliphatic carbocycles. The smallest absolute Gasteiger partial charge is 0.243 e. The maximum Gasteiger partial charge on any atom is 0.243 e. The van der Waals surface area contributed by atoms with Gasteiger partial charge in [-0.1, -0.05) is 25.0 Å². The summed E-state index contributed by atoms with van der Waals surface area (Å²) in [5, 5.41) is 2.95. The van der Waals surface area contributed by atoms with Crippen molar-refractivity contribution in [3.8, 4) is 0 Å². The Morgan fingerprint density at radius 1 is 1.00 bits per heavy atom. The minimum absolute atomic E-state index is 0.0368. The molecule has 2 aliphatic rings. The van der Waals surface area contributed by atoms with Crippen LogP contribution in [0.1, 0.15) is 56.9 Å². The number of carbonyl (C=O) groups is 2. The van der Waals surface area contributed by atoms with Gasteiger partial charge in [-0.15, -0.1) is 0 Å². The molecular weight excluding hydrogens is 454 g/mol. The SMILES string of the molecule is COCCCNC(=O)C1CCN(C(=O)CCc2ccc(S(=O)(=O)N3CCCCCC3)cc2)CC1. The molecule has 0 bridgehead atoms. The fraction of sp³-hybridized carbons (Fsp3) is 0.680. The Morgan fingerprint density at radius 2 is 1.65 bits per heavy atom. The van der Waals surface area contributed by atoms with Crippen LogP contribution in [0.15, 0.2) is 29.2 Å². The molecule has 2 fully saturated rings. The second-order valence-electron chi connectivity index (χ2n) is 9.25. The number of hydrogen-bond acceptors (Lipinski definition) is 5. The second-order valence-corrected chi connectivity index (χ2v) is 11.2. The van der Waals surface area contributed by atoms with Crippen LogP contribution in [0.3, 0.4) is 0 Å². The summed E-state index contributed by atoms with van der Waals surface area (Å²) >= 11 is 0. The van der Waals surface area contributed by atoms with E-state index in [1.807, 2.05) is 17.0 Å². The Kier molecular flexibility index (Phi) is 10.3. The number of methoxy groups -OCH3 is 1. The third kappa shape index (κ3) is 7.52. The zero-order valence-corrected chi connectivity index (χ0v) is 21.2. The predicted molar refractivity (Wildman–Crippen MR) is 131 cm³/mol. The Labute approximate surface area is 204 Å². The molecule has 0 saturated carbocycles. The lowest BCUT2D eigenvalue weighted by molar-refractivity contribution is -0.135. The van der Waals surface area contributed by atoms with Gasteiger partial charge in [0.25, 0.3) is 0 Å². The van der Waals surface area contributed by atoms with Crippen molar-refractivity contribution in [2.24, 2.45) is 5.92 Å². The highest BCUT2D eigenvalue weighted by molar-refractivity contribution is 7.89. The monoisotopic (exact) mass is 493 g/mol. The van der Waals surface area contributed by atoms with E-state index in [0.717, 1.165) is 37.7 Å². The first kappa shape index (κ1) is 26.6. The van der Waals surface area contributed by atoms with Crippen LogP contribution in [0.4, 0.5) is 0 Å². The summed E-state index contributed by atoms with van der Waals surface area (Å²) in [6.07, 6.45) is 7.11. The Balaban J connectivity index is 1.42. The van der Waals surface area contributed by atoms with Crippen LogP contribution >= 0.6 is 0 Å². The van der Waals surface area contributed by atoms with Crippen molar-refractivity contribution in [2.75, 3.05) is 46.4 Å². The van der Waals surface area contributed by atoms with Gasteiger partial charge in [0.2, 0.25) is 21.8 Å². The minimum Gasteiger partial charge on any atom is -0.385 e. The van der Waals surface area contributed by atoms with E-state index < -0.39 is 10.0 Å². The van der Waals surface area contributed by atoms with E-state index in [0.29, 0.717) is 69.9 Å². The summed E-state index contributed by atoms with van der Waals surface area (Å²) in [7, 11) is -1.81. The molecule has 8 nitrogen and oxygen atoms in total. The molecule has 190 valence electrons. The molecule has 9 heteroatoms. The van der Waals surface area contributed by atoms with Crippen molar-refractivity contribution in [3.63, 3.8) is 0 Å². The number of benzene rings is 1. The highest BCUT2D eigenvalue weighted by Crippen LogP contribution is 2.22. The molecule has 3 rings (SSSR count). The minimum atomic E-state index is -3.45. The highest BCUT2D eigenvalue weighted by atomic mass is 32.2. The van der Waals surface area contributed by atoms with E-state index in [1.54, 1.807) is 23.5 Å². The van der Waals surface area contributed by atoms with E-state index in [9.17, 15) is 18.0 Å². The molecule has 2 amide bonds. The summed E-state index contributed by atoms with van der Waals surface area (Å²) in [6, 6.07) is 6.96. The zero-order chi connectivity index (χ0) is 24.4. The zero-order valence-electron chi connectivity index (χ0n) is 20.3. The molecule has 0 unspecified atom stereocenters. The Hall–Kier alpha value is -1.97. The molecule has 2 aliphatic heterocycles. The molecule has 34 heavy (non-hydrogen) atoms. The summed E-state index contributed by atoms with van der Waals surface area (Å²) in [5.74, 6) is 0.115. The second kappa shape index (κ2) is 13.2. The lowest BCUT2D eigenvalue weighted by Crippen LogP contribution is -2.43. The number of aryl methyl sites for hydroxylation is 1. The van der Waals surface area contributed by atoms with Crippen LogP contribution in [0, 0.1) is 5.92 Å². The van der Waals surface area contributed by atoms with E-state index in [-0.39, 0.29) is 17.7 Å². The van der Waals surface area contributed by atoms with Crippen molar-refractivity contribution in [2.45, 2.75) is 62.7 Å². The number of amides is 2. The molecule has 2 heterocycles. The van der Waals surface area contributed by atoms with Gasteiger partial charge in [-0.25, -0.2) is 8.42 Å². The maximum atomic E-state index is 12.9. The molecular formula is C25H39N3O5S. The number of likely N-dealkylation sites (tertiary alicyclic amines) is 1. The van der Waals surface area contributed by atoms with Crippen LogP contribution in [-0.2, 0) is 30.8 Å². The molecule has 0 radical (unpaired) electrons. The van der Waals surface area contributed by atoms with E-state index in [2.05, 4.69) is 5.32 Å². The van der Waals surface area contributed by atoms with Crippen molar-refractivity contribution < 1.29 is 22.7 Å². The van der Waals surface area contributed by atoms with Crippen LogP contribution in [-0.4, -0.2) is 75.9 Å². The Morgan fingerprint density at radius 3 is 2.26 bits per heavy atom. The largest absolute Gasteiger partial charge is 0.385 e. The van der Waals surface area contributed by atoms with Gasteiger partial charge in [-0.05, 0) is 56.2 Å². The number of ether oxygens (including phenoxy) is 1.